The van der Waals surface area contributed by atoms with Gasteiger partial charge in [-0.3, -0.25) is 10.1 Å². The number of rotatable bonds is 4. The molecule has 3 nitrogen and oxygen atoms in total. The summed E-state index contributed by atoms with van der Waals surface area (Å²) < 4.78 is 27.1. The fourth-order valence-electron chi connectivity index (χ4n) is 2.74. The molecule has 1 saturated carbocycles. The number of halogens is 2. The van der Waals surface area contributed by atoms with Gasteiger partial charge in [0, 0.05) is 11.6 Å². The summed E-state index contributed by atoms with van der Waals surface area (Å²) in [6.45, 7) is 0. The average molecular weight is 282 g/mol. The minimum atomic E-state index is -0.978. The van der Waals surface area contributed by atoms with Crippen LogP contribution >= 0.6 is 0 Å². The van der Waals surface area contributed by atoms with E-state index in [9.17, 15) is 13.6 Å². The lowest BCUT2D eigenvalue weighted by molar-refractivity contribution is -0.120. The van der Waals surface area contributed by atoms with Gasteiger partial charge in [-0.1, -0.05) is 25.7 Å². The summed E-state index contributed by atoms with van der Waals surface area (Å²) in [6.07, 6.45) is 6.37. The van der Waals surface area contributed by atoms with Gasteiger partial charge in [0.15, 0.2) is 0 Å². The van der Waals surface area contributed by atoms with Gasteiger partial charge < -0.3 is 5.73 Å². The van der Waals surface area contributed by atoms with Crippen LogP contribution in [0.25, 0.3) is 0 Å². The quantitative estimate of drug-likeness (QED) is 0.834. The van der Waals surface area contributed by atoms with Gasteiger partial charge in [0.25, 0.3) is 0 Å². The maximum absolute atomic E-state index is 13.8. The van der Waals surface area contributed by atoms with E-state index in [1.165, 1.54) is 12.8 Å². The molecule has 1 aliphatic carbocycles. The third-order valence-electron chi connectivity index (χ3n) is 3.81. The van der Waals surface area contributed by atoms with E-state index in [-0.39, 0.29) is 11.6 Å². The van der Waals surface area contributed by atoms with Crippen LogP contribution in [-0.4, -0.2) is 11.9 Å². The Bertz CT molecular complexity index is 471. The molecule has 2 rings (SSSR count). The molecule has 1 aliphatic rings. The number of nitrogens with one attached hydrogen (secondary N) is 1. The molecule has 20 heavy (non-hydrogen) atoms. The van der Waals surface area contributed by atoms with Crippen LogP contribution in [0.4, 0.5) is 8.78 Å². The Morgan fingerprint density at radius 3 is 2.45 bits per heavy atom. The van der Waals surface area contributed by atoms with Gasteiger partial charge in [-0.15, -0.1) is 0 Å². The summed E-state index contributed by atoms with van der Waals surface area (Å²) in [4.78, 5) is 11.6. The fraction of sp³-hybridized carbons (Fsp3) is 0.533. The molecule has 1 aromatic rings. The second-order valence-corrected chi connectivity index (χ2v) is 5.36. The zero-order valence-corrected chi connectivity index (χ0v) is 11.4. The van der Waals surface area contributed by atoms with Gasteiger partial charge >= 0.3 is 0 Å². The summed E-state index contributed by atoms with van der Waals surface area (Å²) in [6, 6.07) is 2.23. The molecule has 0 saturated heterocycles. The Balaban J connectivity index is 2.17. The van der Waals surface area contributed by atoms with Crippen molar-refractivity contribution >= 4 is 5.91 Å². The maximum atomic E-state index is 13.8. The Labute approximate surface area is 117 Å². The van der Waals surface area contributed by atoms with Crippen LogP contribution in [0.5, 0.6) is 0 Å². The molecule has 1 aromatic carbocycles. The second kappa shape index (κ2) is 6.79. The highest BCUT2D eigenvalue weighted by Gasteiger charge is 2.25. The number of hydrogen-bond acceptors (Lipinski definition) is 2. The van der Waals surface area contributed by atoms with Gasteiger partial charge in [-0.25, -0.2) is 8.78 Å². The normalized spacial score (nSPS) is 18.5. The van der Waals surface area contributed by atoms with Crippen LogP contribution in [0.15, 0.2) is 18.2 Å². The van der Waals surface area contributed by atoms with Crippen molar-refractivity contribution in [2.75, 3.05) is 0 Å². The molecule has 110 valence electrons. The van der Waals surface area contributed by atoms with Gasteiger partial charge in [0.05, 0.1) is 0 Å². The largest absolute Gasteiger partial charge is 0.368 e. The van der Waals surface area contributed by atoms with Gasteiger partial charge in [0.1, 0.15) is 17.7 Å². The number of primary amides is 1. The molecule has 1 amide bonds. The zero-order chi connectivity index (χ0) is 14.5. The first-order valence-electron chi connectivity index (χ1n) is 7.08. The van der Waals surface area contributed by atoms with Gasteiger partial charge in [-0.05, 0) is 31.0 Å². The summed E-state index contributed by atoms with van der Waals surface area (Å²) in [7, 11) is 0. The zero-order valence-electron chi connectivity index (χ0n) is 11.4. The molecule has 0 radical (unpaired) electrons. The van der Waals surface area contributed by atoms with Crippen molar-refractivity contribution < 1.29 is 13.6 Å². The summed E-state index contributed by atoms with van der Waals surface area (Å²) >= 11 is 0. The minimum absolute atomic E-state index is 0.0123. The maximum Gasteiger partial charge on any atom is 0.239 e. The molecule has 0 bridgehead atoms. The number of hydrogen-bond donors (Lipinski definition) is 2. The van der Waals surface area contributed by atoms with Crippen molar-refractivity contribution in [3.05, 3.63) is 35.4 Å². The van der Waals surface area contributed by atoms with Crippen molar-refractivity contribution in [2.24, 2.45) is 5.73 Å². The Kier molecular flexibility index (Phi) is 5.06. The van der Waals surface area contributed by atoms with Crippen LogP contribution in [0.3, 0.4) is 0 Å². The SMILES string of the molecule is NC(=O)C(NC1CCCCCC1)c1cc(F)ccc1F. The van der Waals surface area contributed by atoms with Crippen LogP contribution in [0.1, 0.15) is 50.1 Å². The molecule has 5 heteroatoms. The van der Waals surface area contributed by atoms with Crippen LogP contribution < -0.4 is 11.1 Å². The molecule has 0 spiro atoms. The molecule has 1 unspecified atom stereocenters. The topological polar surface area (TPSA) is 55.1 Å². The fourth-order valence-corrected chi connectivity index (χ4v) is 2.74. The Hall–Kier alpha value is -1.49. The van der Waals surface area contributed by atoms with Crippen molar-refractivity contribution in [3.63, 3.8) is 0 Å². The van der Waals surface area contributed by atoms with E-state index in [1.54, 1.807) is 0 Å². The molecular weight excluding hydrogens is 262 g/mol. The summed E-state index contributed by atoms with van der Waals surface area (Å²) in [5, 5.41) is 3.10. The van der Waals surface area contributed by atoms with E-state index < -0.39 is 23.6 Å². The highest BCUT2D eigenvalue weighted by atomic mass is 19.1. The van der Waals surface area contributed by atoms with E-state index in [0.717, 1.165) is 43.9 Å². The number of carbonyl (C=O) groups excluding carboxylic acids is 1. The highest BCUT2D eigenvalue weighted by Crippen LogP contribution is 2.23. The lowest BCUT2D eigenvalue weighted by atomic mass is 10.0. The molecule has 1 atom stereocenters. The predicted molar refractivity (Wildman–Crippen MR) is 72.9 cm³/mol. The highest BCUT2D eigenvalue weighted by molar-refractivity contribution is 5.81. The molecule has 3 N–H and O–H groups in total. The molecule has 0 aliphatic heterocycles. The van der Waals surface area contributed by atoms with Gasteiger partial charge in [-0.2, -0.15) is 0 Å². The van der Waals surface area contributed by atoms with Crippen LogP contribution in [0, 0.1) is 11.6 Å². The van der Waals surface area contributed by atoms with Gasteiger partial charge in [0.2, 0.25) is 5.91 Å². The van der Waals surface area contributed by atoms with Crippen LogP contribution in [-0.2, 0) is 4.79 Å². The standard InChI is InChI=1S/C15H20F2N2O/c16-10-7-8-13(17)12(9-10)14(15(18)20)19-11-5-3-1-2-4-6-11/h7-9,11,14,19H,1-6H2,(H2,18,20). The second-order valence-electron chi connectivity index (χ2n) is 5.36. The molecule has 0 heterocycles. The van der Waals surface area contributed by atoms with E-state index in [4.69, 9.17) is 5.73 Å². The summed E-state index contributed by atoms with van der Waals surface area (Å²) in [5.74, 6) is -1.87. The number of carbonyl (C=O) groups is 1. The van der Waals surface area contributed by atoms with Crippen LogP contribution in [0.2, 0.25) is 0 Å². The lowest BCUT2D eigenvalue weighted by Crippen LogP contribution is -2.40. The van der Waals surface area contributed by atoms with E-state index in [1.807, 2.05) is 0 Å². The van der Waals surface area contributed by atoms with Crippen molar-refractivity contribution in [1.29, 1.82) is 0 Å². The molecular formula is C15H20F2N2O. The first-order valence-corrected chi connectivity index (χ1v) is 7.08. The number of nitrogens with two attached hydrogens (primary N) is 1. The van der Waals surface area contributed by atoms with E-state index in [2.05, 4.69) is 5.32 Å². The van der Waals surface area contributed by atoms with E-state index in [0.29, 0.717) is 0 Å². The molecule has 1 fully saturated rings. The van der Waals surface area contributed by atoms with Crippen molar-refractivity contribution in [3.8, 4) is 0 Å². The third-order valence-corrected chi connectivity index (χ3v) is 3.81. The number of benzene rings is 1. The number of amides is 1. The average Bonchev–Trinajstić information content (AvgIpc) is 2.67. The summed E-state index contributed by atoms with van der Waals surface area (Å²) in [5.41, 5.74) is 5.34. The Morgan fingerprint density at radius 1 is 1.20 bits per heavy atom. The monoisotopic (exact) mass is 282 g/mol. The lowest BCUT2D eigenvalue weighted by Gasteiger charge is -2.23. The first kappa shape index (κ1) is 14.9. The third kappa shape index (κ3) is 3.76. The minimum Gasteiger partial charge on any atom is -0.368 e. The Morgan fingerprint density at radius 2 is 1.85 bits per heavy atom. The van der Waals surface area contributed by atoms with Crippen molar-refractivity contribution in [1.82, 2.24) is 5.32 Å². The smallest absolute Gasteiger partial charge is 0.239 e. The first-order chi connectivity index (χ1) is 9.58. The predicted octanol–water partition coefficient (Wildman–Crippen LogP) is 2.80. The van der Waals surface area contributed by atoms with Crippen molar-refractivity contribution in [2.45, 2.75) is 50.6 Å². The molecule has 0 aromatic heterocycles. The van der Waals surface area contributed by atoms with E-state index >= 15 is 0 Å².